The maximum absolute atomic E-state index is 12.5. The van der Waals surface area contributed by atoms with Crippen LogP contribution in [0.3, 0.4) is 0 Å². The normalized spacial score (nSPS) is 25.9. The first-order valence-corrected chi connectivity index (χ1v) is 7.21. The number of nitrogens with zero attached hydrogens (tertiary/aromatic N) is 2. The standard InChI is InChI=1S/C14H16Cl2N2O2/c1-14(7-3-2-4-13(14)17-19)18(20)9-10-5-6-11(15)8-12(10)16/h5-6,8-9,19H,2-4,7H2,1H3/b17-13-,18-9-/t14-/m1/s1. The zero-order valence-corrected chi connectivity index (χ0v) is 12.7. The number of rotatable bonds is 2. The molecule has 0 aromatic heterocycles. The van der Waals surface area contributed by atoms with Crippen LogP contribution in [0.25, 0.3) is 0 Å². The van der Waals surface area contributed by atoms with Crippen molar-refractivity contribution in [2.24, 2.45) is 5.16 Å². The van der Waals surface area contributed by atoms with Crippen LogP contribution < -0.4 is 0 Å². The number of hydroxylamine groups is 1. The predicted molar refractivity (Wildman–Crippen MR) is 81.3 cm³/mol. The van der Waals surface area contributed by atoms with Crippen LogP contribution in [0.5, 0.6) is 0 Å². The Morgan fingerprint density at radius 2 is 2.15 bits per heavy atom. The molecule has 0 saturated heterocycles. The molecule has 0 bridgehead atoms. The molecule has 0 heterocycles. The van der Waals surface area contributed by atoms with Gasteiger partial charge in [0.05, 0.1) is 10.6 Å². The summed E-state index contributed by atoms with van der Waals surface area (Å²) in [5.41, 5.74) is 0.283. The molecule has 1 aromatic carbocycles. The van der Waals surface area contributed by atoms with Gasteiger partial charge in [0.25, 0.3) is 0 Å². The number of hydrogen-bond acceptors (Lipinski definition) is 3. The van der Waals surface area contributed by atoms with E-state index in [2.05, 4.69) is 5.16 Å². The minimum atomic E-state index is -0.823. The highest BCUT2D eigenvalue weighted by molar-refractivity contribution is 6.36. The predicted octanol–water partition coefficient (Wildman–Crippen LogP) is 4.09. The third kappa shape index (κ3) is 2.91. The molecule has 20 heavy (non-hydrogen) atoms. The van der Waals surface area contributed by atoms with E-state index in [1.54, 1.807) is 25.1 Å². The molecule has 1 saturated carbocycles. The molecular weight excluding hydrogens is 299 g/mol. The largest absolute Gasteiger partial charge is 0.623 e. The lowest BCUT2D eigenvalue weighted by Crippen LogP contribution is -2.47. The second-order valence-corrected chi connectivity index (χ2v) is 5.99. The fourth-order valence-corrected chi connectivity index (χ4v) is 2.90. The minimum absolute atomic E-state index is 0.417. The van der Waals surface area contributed by atoms with Crippen LogP contribution >= 0.6 is 23.2 Å². The Kier molecular flexibility index (Phi) is 4.55. The van der Waals surface area contributed by atoms with Gasteiger partial charge in [0.2, 0.25) is 5.54 Å². The molecule has 1 aromatic rings. The van der Waals surface area contributed by atoms with E-state index in [1.165, 1.54) is 6.21 Å². The molecule has 0 radical (unpaired) electrons. The lowest BCUT2D eigenvalue weighted by atomic mass is 9.81. The van der Waals surface area contributed by atoms with Crippen molar-refractivity contribution in [3.63, 3.8) is 0 Å². The van der Waals surface area contributed by atoms with E-state index >= 15 is 0 Å². The first-order valence-electron chi connectivity index (χ1n) is 6.45. The van der Waals surface area contributed by atoms with E-state index in [0.717, 1.165) is 17.6 Å². The number of halogens is 2. The Morgan fingerprint density at radius 1 is 1.40 bits per heavy atom. The van der Waals surface area contributed by atoms with E-state index in [1.807, 2.05) is 0 Å². The molecule has 1 N–H and O–H groups in total. The first-order chi connectivity index (χ1) is 9.47. The van der Waals surface area contributed by atoms with Crippen LogP contribution in [0.1, 0.15) is 38.2 Å². The van der Waals surface area contributed by atoms with Crippen molar-refractivity contribution >= 4 is 35.1 Å². The lowest BCUT2D eigenvalue weighted by Gasteiger charge is -2.32. The van der Waals surface area contributed by atoms with E-state index < -0.39 is 5.54 Å². The van der Waals surface area contributed by atoms with Crippen molar-refractivity contribution in [1.29, 1.82) is 0 Å². The third-order valence-electron chi connectivity index (χ3n) is 3.77. The van der Waals surface area contributed by atoms with Crippen LogP contribution in [0.15, 0.2) is 23.4 Å². The third-order valence-corrected chi connectivity index (χ3v) is 4.34. The van der Waals surface area contributed by atoms with E-state index in [4.69, 9.17) is 28.4 Å². The Morgan fingerprint density at radius 3 is 2.80 bits per heavy atom. The van der Waals surface area contributed by atoms with Crippen molar-refractivity contribution in [1.82, 2.24) is 0 Å². The summed E-state index contributed by atoms with van der Waals surface area (Å²) in [6.45, 7) is 1.79. The average molecular weight is 315 g/mol. The van der Waals surface area contributed by atoms with Gasteiger partial charge in [0.1, 0.15) is 5.71 Å². The molecule has 2 rings (SSSR count). The van der Waals surface area contributed by atoms with Gasteiger partial charge in [-0.2, -0.15) is 0 Å². The maximum atomic E-state index is 12.5. The van der Waals surface area contributed by atoms with Crippen molar-refractivity contribution in [2.45, 2.75) is 38.1 Å². The van der Waals surface area contributed by atoms with Crippen LogP contribution in [-0.4, -0.2) is 27.4 Å². The summed E-state index contributed by atoms with van der Waals surface area (Å²) in [7, 11) is 0. The van der Waals surface area contributed by atoms with Gasteiger partial charge in [-0.15, -0.1) is 0 Å². The SMILES string of the molecule is C[C@@]1(/[N+]([O-])=C/c2ccc(Cl)cc2Cl)CCCC/C1=N/O. The average Bonchev–Trinajstić information content (AvgIpc) is 2.42. The second-order valence-electron chi connectivity index (χ2n) is 5.15. The first kappa shape index (κ1) is 15.1. The van der Waals surface area contributed by atoms with Gasteiger partial charge in [-0.05, 0) is 37.5 Å². The molecule has 0 aliphatic heterocycles. The molecule has 1 fully saturated rings. The fraction of sp³-hybridized carbons (Fsp3) is 0.429. The Hall–Kier alpha value is -1.26. The molecular formula is C14H16Cl2N2O2. The van der Waals surface area contributed by atoms with Crippen molar-refractivity contribution < 1.29 is 9.95 Å². The molecule has 1 aliphatic rings. The topological polar surface area (TPSA) is 58.7 Å². The quantitative estimate of drug-likeness (QED) is 0.294. The van der Waals surface area contributed by atoms with Crippen molar-refractivity contribution in [2.75, 3.05) is 0 Å². The summed E-state index contributed by atoms with van der Waals surface area (Å²) in [5, 5.41) is 25.8. The second kappa shape index (κ2) is 6.02. The van der Waals surface area contributed by atoms with Crippen LogP contribution in [0, 0.1) is 5.21 Å². The minimum Gasteiger partial charge on any atom is -0.623 e. The fourth-order valence-electron chi connectivity index (χ4n) is 2.45. The summed E-state index contributed by atoms with van der Waals surface area (Å²) < 4.78 is 0.830. The molecule has 4 nitrogen and oxygen atoms in total. The van der Waals surface area contributed by atoms with E-state index in [9.17, 15) is 5.21 Å². The molecule has 1 atom stereocenters. The van der Waals surface area contributed by atoms with E-state index in [-0.39, 0.29) is 0 Å². The van der Waals surface area contributed by atoms with Gasteiger partial charge < -0.3 is 10.4 Å². The van der Waals surface area contributed by atoms with Gasteiger partial charge in [0.15, 0.2) is 6.21 Å². The highest BCUT2D eigenvalue weighted by Crippen LogP contribution is 2.29. The summed E-state index contributed by atoms with van der Waals surface area (Å²) in [6, 6.07) is 4.96. The monoisotopic (exact) mass is 314 g/mol. The summed E-state index contributed by atoms with van der Waals surface area (Å²) >= 11 is 11.9. The van der Waals surface area contributed by atoms with Gasteiger partial charge in [0, 0.05) is 18.4 Å². The van der Waals surface area contributed by atoms with E-state index in [0.29, 0.717) is 34.2 Å². The number of benzene rings is 1. The summed E-state index contributed by atoms with van der Waals surface area (Å²) in [5.74, 6) is 0. The van der Waals surface area contributed by atoms with Gasteiger partial charge in [-0.3, -0.25) is 0 Å². The molecule has 0 unspecified atom stereocenters. The molecule has 108 valence electrons. The molecule has 0 amide bonds. The highest BCUT2D eigenvalue weighted by Gasteiger charge is 2.41. The zero-order valence-electron chi connectivity index (χ0n) is 11.1. The lowest BCUT2D eigenvalue weighted by molar-refractivity contribution is -0.520. The van der Waals surface area contributed by atoms with Gasteiger partial charge in [-0.25, -0.2) is 4.74 Å². The zero-order chi connectivity index (χ0) is 14.8. The smallest absolute Gasteiger partial charge is 0.211 e. The Bertz CT molecular complexity index is 572. The van der Waals surface area contributed by atoms with Crippen LogP contribution in [0.2, 0.25) is 10.0 Å². The van der Waals surface area contributed by atoms with Gasteiger partial charge in [-0.1, -0.05) is 28.4 Å². The van der Waals surface area contributed by atoms with Crippen molar-refractivity contribution in [3.8, 4) is 0 Å². The summed E-state index contributed by atoms with van der Waals surface area (Å²) in [4.78, 5) is 0. The molecule has 6 heteroatoms. The van der Waals surface area contributed by atoms with Gasteiger partial charge >= 0.3 is 0 Å². The maximum Gasteiger partial charge on any atom is 0.211 e. The van der Waals surface area contributed by atoms with Crippen molar-refractivity contribution in [3.05, 3.63) is 39.0 Å². The van der Waals surface area contributed by atoms with Crippen LogP contribution in [0.4, 0.5) is 0 Å². The number of oxime groups is 1. The Labute approximate surface area is 127 Å². The Balaban J connectivity index is 2.38. The highest BCUT2D eigenvalue weighted by atomic mass is 35.5. The molecule has 0 spiro atoms. The number of hydrogen-bond donors (Lipinski definition) is 1. The summed E-state index contributed by atoms with van der Waals surface area (Å²) in [6.07, 6.45) is 4.57. The van der Waals surface area contributed by atoms with Crippen LogP contribution in [-0.2, 0) is 0 Å². The molecule has 1 aliphatic carbocycles.